The van der Waals surface area contributed by atoms with Gasteiger partial charge in [0.2, 0.25) is 17.7 Å². The summed E-state index contributed by atoms with van der Waals surface area (Å²) < 4.78 is 0. The molecule has 0 aliphatic carbocycles. The van der Waals surface area contributed by atoms with Crippen molar-refractivity contribution in [2.75, 3.05) is 19.6 Å². The molecule has 3 amide bonds. The molecule has 1 aliphatic heterocycles. The van der Waals surface area contributed by atoms with Crippen LogP contribution in [0.5, 0.6) is 0 Å². The van der Waals surface area contributed by atoms with Crippen LogP contribution < -0.4 is 27.8 Å². The highest BCUT2D eigenvalue weighted by Crippen LogP contribution is 2.22. The van der Waals surface area contributed by atoms with Gasteiger partial charge >= 0.3 is 0 Å². The Morgan fingerprint density at radius 3 is 1.80 bits per heavy atom. The lowest BCUT2D eigenvalue weighted by molar-refractivity contribution is -0.140. The molecule has 1 aliphatic rings. The van der Waals surface area contributed by atoms with Crippen molar-refractivity contribution < 1.29 is 24.0 Å². The molecule has 2 aromatic rings. The van der Waals surface area contributed by atoms with Gasteiger partial charge in [0.15, 0.2) is 5.78 Å². The van der Waals surface area contributed by atoms with Gasteiger partial charge in [-0.05, 0) is 95.2 Å². The van der Waals surface area contributed by atoms with Crippen LogP contribution in [0.3, 0.4) is 0 Å². The van der Waals surface area contributed by atoms with E-state index < -0.39 is 23.7 Å². The average molecular weight is 707 g/mol. The molecule has 282 valence electrons. The Kier molecular flexibility index (Phi) is 18.7. The van der Waals surface area contributed by atoms with Crippen LogP contribution in [0.4, 0.5) is 0 Å². The van der Waals surface area contributed by atoms with E-state index in [-0.39, 0.29) is 35.2 Å². The van der Waals surface area contributed by atoms with E-state index in [1.807, 2.05) is 67.6 Å². The van der Waals surface area contributed by atoms with Gasteiger partial charge in [-0.1, -0.05) is 81.4 Å². The standard InChI is InChI=1S/C21H40N4O3.C19H22N2O2/c1-5-17(14-15(2)3)19(27)24-18(8-6-7-11-22)20(28)25-12-9-21(23,10-13-25)16(4)26;1-14(22)18(13-16-10-6-3-7-11-16)21-19(23)17(20)12-15-8-4-2-5-9-15/h15,17-18H,5-14,22-23H2,1-4H3,(H,24,27);2-11,17-18H,12-13,20H2,1H3,(H,21,23)/t2*17-,18?/m11/s1. The van der Waals surface area contributed by atoms with E-state index in [0.29, 0.717) is 57.7 Å². The number of nitrogens with one attached hydrogen (secondary N) is 2. The fourth-order valence-corrected chi connectivity index (χ4v) is 6.15. The van der Waals surface area contributed by atoms with Crippen LogP contribution in [0.1, 0.15) is 90.7 Å². The number of hydrogen-bond donors (Lipinski definition) is 5. The van der Waals surface area contributed by atoms with Gasteiger partial charge in [-0.15, -0.1) is 0 Å². The largest absolute Gasteiger partial charge is 0.345 e. The molecule has 3 rings (SSSR count). The molecule has 2 aromatic carbocycles. The third-order valence-electron chi connectivity index (χ3n) is 9.57. The second-order valence-corrected chi connectivity index (χ2v) is 14.3. The van der Waals surface area contributed by atoms with Crippen LogP contribution >= 0.6 is 0 Å². The second kappa shape index (κ2) is 22.1. The number of carbonyl (C=O) groups is 5. The van der Waals surface area contributed by atoms with Gasteiger partial charge in [-0.25, -0.2) is 0 Å². The van der Waals surface area contributed by atoms with E-state index in [4.69, 9.17) is 17.2 Å². The molecule has 1 heterocycles. The highest BCUT2D eigenvalue weighted by atomic mass is 16.2. The summed E-state index contributed by atoms with van der Waals surface area (Å²) in [6.07, 6.45) is 5.59. The van der Waals surface area contributed by atoms with Crippen molar-refractivity contribution >= 4 is 29.3 Å². The average Bonchev–Trinajstić information content (AvgIpc) is 3.10. The Morgan fingerprint density at radius 2 is 1.33 bits per heavy atom. The van der Waals surface area contributed by atoms with Gasteiger partial charge < -0.3 is 32.7 Å². The predicted molar refractivity (Wildman–Crippen MR) is 202 cm³/mol. The summed E-state index contributed by atoms with van der Waals surface area (Å²) in [6.45, 7) is 10.7. The second-order valence-electron chi connectivity index (χ2n) is 14.3. The zero-order valence-electron chi connectivity index (χ0n) is 31.4. The first-order valence-corrected chi connectivity index (χ1v) is 18.4. The number of benzene rings is 2. The predicted octanol–water partition coefficient (Wildman–Crippen LogP) is 3.45. The fourth-order valence-electron chi connectivity index (χ4n) is 6.15. The van der Waals surface area contributed by atoms with E-state index >= 15 is 0 Å². The Bertz CT molecular complexity index is 1380. The number of hydrogen-bond acceptors (Lipinski definition) is 8. The van der Waals surface area contributed by atoms with Crippen molar-refractivity contribution in [3.8, 4) is 0 Å². The zero-order valence-corrected chi connectivity index (χ0v) is 31.4. The topological polar surface area (TPSA) is 191 Å². The van der Waals surface area contributed by atoms with Crippen molar-refractivity contribution in [3.63, 3.8) is 0 Å². The number of piperidine rings is 1. The highest BCUT2D eigenvalue weighted by molar-refractivity contribution is 5.90. The van der Waals surface area contributed by atoms with Crippen LogP contribution in [-0.4, -0.2) is 77.5 Å². The minimum Gasteiger partial charge on any atom is -0.345 e. The summed E-state index contributed by atoms with van der Waals surface area (Å²) >= 11 is 0. The molecule has 0 bridgehead atoms. The van der Waals surface area contributed by atoms with Crippen LogP contribution in [0.15, 0.2) is 60.7 Å². The molecule has 0 spiro atoms. The highest BCUT2D eigenvalue weighted by Gasteiger charge is 2.38. The van der Waals surface area contributed by atoms with Gasteiger partial charge in [0.25, 0.3) is 0 Å². The molecule has 51 heavy (non-hydrogen) atoms. The maximum atomic E-state index is 13.1. The van der Waals surface area contributed by atoms with Crippen molar-refractivity contribution in [2.24, 2.45) is 29.0 Å². The molecule has 1 saturated heterocycles. The first kappa shape index (κ1) is 43.2. The van der Waals surface area contributed by atoms with E-state index in [0.717, 1.165) is 36.8 Å². The molecule has 11 nitrogen and oxygen atoms in total. The summed E-state index contributed by atoms with van der Waals surface area (Å²) in [5, 5.41) is 5.78. The third-order valence-corrected chi connectivity index (χ3v) is 9.57. The van der Waals surface area contributed by atoms with E-state index in [1.54, 1.807) is 4.90 Å². The van der Waals surface area contributed by atoms with Gasteiger partial charge in [-0.2, -0.15) is 0 Å². The first-order chi connectivity index (χ1) is 24.2. The van der Waals surface area contributed by atoms with Gasteiger partial charge in [0, 0.05) is 19.0 Å². The van der Waals surface area contributed by atoms with Crippen molar-refractivity contribution in [2.45, 2.75) is 116 Å². The summed E-state index contributed by atoms with van der Waals surface area (Å²) in [5.74, 6) is -0.188. The number of unbranched alkanes of at least 4 members (excludes halogenated alkanes) is 1. The summed E-state index contributed by atoms with van der Waals surface area (Å²) in [5.41, 5.74) is 18.9. The summed E-state index contributed by atoms with van der Waals surface area (Å²) in [6, 6.07) is 17.5. The Morgan fingerprint density at radius 1 is 0.804 bits per heavy atom. The number of rotatable bonds is 18. The lowest BCUT2D eigenvalue weighted by Crippen LogP contribution is -2.58. The molecule has 0 radical (unpaired) electrons. The molecule has 1 fully saturated rings. The molecular weight excluding hydrogens is 644 g/mol. The van der Waals surface area contributed by atoms with Gasteiger partial charge in [-0.3, -0.25) is 24.0 Å². The van der Waals surface area contributed by atoms with E-state index in [2.05, 4.69) is 24.5 Å². The van der Waals surface area contributed by atoms with Gasteiger partial charge in [0.05, 0.1) is 17.6 Å². The minimum absolute atomic E-state index is 0.0353. The molecule has 0 saturated carbocycles. The van der Waals surface area contributed by atoms with Crippen molar-refractivity contribution in [1.82, 2.24) is 15.5 Å². The minimum atomic E-state index is -0.834. The van der Waals surface area contributed by atoms with Crippen LogP contribution in [0.2, 0.25) is 0 Å². The van der Waals surface area contributed by atoms with Gasteiger partial charge in [0.1, 0.15) is 11.8 Å². The first-order valence-electron chi connectivity index (χ1n) is 18.4. The number of ketones is 2. The quantitative estimate of drug-likeness (QED) is 0.146. The number of carbonyl (C=O) groups excluding carboxylic acids is 5. The normalized spacial score (nSPS) is 16.1. The number of Topliss-reactive ketones (excluding diaryl/α,β-unsaturated/α-hetero) is 2. The summed E-state index contributed by atoms with van der Waals surface area (Å²) in [7, 11) is 0. The molecule has 11 heteroatoms. The molecule has 8 N–H and O–H groups in total. The zero-order chi connectivity index (χ0) is 38.0. The number of nitrogens with two attached hydrogens (primary N) is 3. The Hall–Kier alpha value is -3.93. The molecule has 0 aromatic heterocycles. The number of amides is 3. The molecule has 2 unspecified atom stereocenters. The van der Waals surface area contributed by atoms with Crippen LogP contribution in [0, 0.1) is 11.8 Å². The maximum absolute atomic E-state index is 13.1. The third kappa shape index (κ3) is 15.1. The van der Waals surface area contributed by atoms with Crippen LogP contribution in [-0.2, 0) is 36.8 Å². The summed E-state index contributed by atoms with van der Waals surface area (Å²) in [4.78, 5) is 63.4. The molecular formula is C40H62N6O5. The van der Waals surface area contributed by atoms with Crippen molar-refractivity contribution in [3.05, 3.63) is 71.8 Å². The lowest BCUT2D eigenvalue weighted by atomic mass is 9.85. The number of likely N-dealkylation sites (tertiary alicyclic amines) is 1. The molecule has 4 atom stereocenters. The smallest absolute Gasteiger partial charge is 0.245 e. The Balaban J connectivity index is 0.000000360. The monoisotopic (exact) mass is 706 g/mol. The lowest BCUT2D eigenvalue weighted by Gasteiger charge is -2.39. The van der Waals surface area contributed by atoms with Crippen LogP contribution in [0.25, 0.3) is 0 Å². The van der Waals surface area contributed by atoms with E-state index in [1.165, 1.54) is 13.8 Å². The van der Waals surface area contributed by atoms with Crippen molar-refractivity contribution in [1.29, 1.82) is 0 Å². The maximum Gasteiger partial charge on any atom is 0.245 e. The van der Waals surface area contributed by atoms with E-state index in [9.17, 15) is 24.0 Å². The number of nitrogens with zero attached hydrogens (tertiary/aromatic N) is 1. The Labute approximate surface area is 304 Å². The SMILES string of the molecule is CC(=O)C(Cc1ccccc1)NC(=O)[C@H](N)Cc1ccccc1.CC[C@H](CC(C)C)C(=O)NC(CCCCN)C(=O)N1CCC(N)(C(C)=O)CC1. The fraction of sp³-hybridized carbons (Fsp3) is 0.575.